The molecule has 1 aliphatic rings. The zero-order chi connectivity index (χ0) is 11.5. The molecule has 0 aliphatic carbocycles. The quantitative estimate of drug-likeness (QED) is 0.732. The summed E-state index contributed by atoms with van der Waals surface area (Å²) in [5.74, 6) is 1.49. The topological polar surface area (TPSA) is 35.5 Å². The third kappa shape index (κ3) is 2.03. The fourth-order valence-corrected chi connectivity index (χ4v) is 1.88. The van der Waals surface area contributed by atoms with Crippen molar-refractivity contribution >= 4 is 6.29 Å². The van der Waals surface area contributed by atoms with Gasteiger partial charge in [0.2, 0.25) is 0 Å². The molecule has 0 saturated carbocycles. The summed E-state index contributed by atoms with van der Waals surface area (Å²) in [7, 11) is 0. The fourth-order valence-electron chi connectivity index (χ4n) is 1.88. The zero-order valence-electron chi connectivity index (χ0n) is 9.66. The molecule has 1 aromatic carbocycles. The van der Waals surface area contributed by atoms with E-state index in [1.807, 2.05) is 19.9 Å². The van der Waals surface area contributed by atoms with E-state index in [1.54, 1.807) is 6.07 Å². The van der Waals surface area contributed by atoms with Gasteiger partial charge in [-0.25, -0.2) is 0 Å². The highest BCUT2D eigenvalue weighted by molar-refractivity contribution is 5.81. The van der Waals surface area contributed by atoms with Gasteiger partial charge < -0.3 is 9.47 Å². The first-order valence-corrected chi connectivity index (χ1v) is 5.66. The molecule has 16 heavy (non-hydrogen) atoms. The second kappa shape index (κ2) is 4.56. The van der Waals surface area contributed by atoms with Crippen LogP contribution in [0.1, 0.15) is 36.2 Å². The van der Waals surface area contributed by atoms with Crippen molar-refractivity contribution in [1.29, 1.82) is 0 Å². The van der Waals surface area contributed by atoms with Gasteiger partial charge in [-0.3, -0.25) is 4.79 Å². The Labute approximate surface area is 95.4 Å². The van der Waals surface area contributed by atoms with Crippen LogP contribution in [0, 0.1) is 0 Å². The summed E-state index contributed by atoms with van der Waals surface area (Å²) in [4.78, 5) is 10.9. The van der Waals surface area contributed by atoms with Crippen LogP contribution in [0.2, 0.25) is 0 Å². The van der Waals surface area contributed by atoms with Crippen molar-refractivity contribution in [2.75, 3.05) is 6.61 Å². The lowest BCUT2D eigenvalue weighted by Gasteiger charge is -2.09. The van der Waals surface area contributed by atoms with Crippen LogP contribution >= 0.6 is 0 Å². The average Bonchev–Trinajstić information content (AvgIpc) is 2.63. The molecule has 0 saturated heterocycles. The molecule has 2 rings (SSSR count). The molecule has 1 aromatic rings. The molecule has 1 aliphatic heterocycles. The van der Waals surface area contributed by atoms with E-state index in [-0.39, 0.29) is 6.10 Å². The van der Waals surface area contributed by atoms with Gasteiger partial charge in [-0.15, -0.1) is 0 Å². The number of benzene rings is 1. The molecule has 0 bridgehead atoms. The van der Waals surface area contributed by atoms with Gasteiger partial charge in [0, 0.05) is 12.0 Å². The van der Waals surface area contributed by atoms with Crippen molar-refractivity contribution < 1.29 is 14.3 Å². The lowest BCUT2D eigenvalue weighted by molar-refractivity contribution is 0.111. The predicted octanol–water partition coefficient (Wildman–Crippen LogP) is 2.61. The van der Waals surface area contributed by atoms with Crippen LogP contribution in [0.3, 0.4) is 0 Å². The van der Waals surface area contributed by atoms with E-state index in [2.05, 4.69) is 0 Å². The molecule has 86 valence electrons. The van der Waals surface area contributed by atoms with Gasteiger partial charge in [-0.1, -0.05) is 6.92 Å². The van der Waals surface area contributed by atoms with Gasteiger partial charge in [0.15, 0.2) is 6.29 Å². The maximum absolute atomic E-state index is 10.9. The van der Waals surface area contributed by atoms with Crippen molar-refractivity contribution in [3.05, 3.63) is 23.3 Å². The molecule has 0 N–H and O–H groups in total. The molecular formula is C13H16O3. The lowest BCUT2D eigenvalue weighted by Crippen LogP contribution is -2.05. The summed E-state index contributed by atoms with van der Waals surface area (Å²) >= 11 is 0. The maximum atomic E-state index is 10.9. The Morgan fingerprint density at radius 1 is 1.56 bits per heavy atom. The predicted molar refractivity (Wildman–Crippen MR) is 61.4 cm³/mol. The van der Waals surface area contributed by atoms with E-state index in [0.29, 0.717) is 17.9 Å². The van der Waals surface area contributed by atoms with Crippen LogP contribution in [0.5, 0.6) is 11.5 Å². The molecule has 1 atom stereocenters. The van der Waals surface area contributed by atoms with Gasteiger partial charge in [0.05, 0.1) is 12.2 Å². The molecule has 3 heteroatoms. The van der Waals surface area contributed by atoms with Gasteiger partial charge in [-0.05, 0) is 25.5 Å². The molecule has 0 fully saturated rings. The van der Waals surface area contributed by atoms with Crippen LogP contribution < -0.4 is 9.47 Å². The molecule has 0 unspecified atom stereocenters. The maximum Gasteiger partial charge on any atom is 0.153 e. The third-order valence-corrected chi connectivity index (χ3v) is 2.62. The third-order valence-electron chi connectivity index (χ3n) is 2.62. The lowest BCUT2D eigenvalue weighted by atomic mass is 10.1. The highest BCUT2D eigenvalue weighted by atomic mass is 16.5. The van der Waals surface area contributed by atoms with Crippen LogP contribution in [0.4, 0.5) is 0 Å². The highest BCUT2D eigenvalue weighted by Crippen LogP contribution is 2.34. The first-order valence-electron chi connectivity index (χ1n) is 5.66. The second-order valence-electron chi connectivity index (χ2n) is 4.10. The number of aldehydes is 1. The normalized spacial score (nSPS) is 17.8. The number of hydrogen-bond acceptors (Lipinski definition) is 3. The first kappa shape index (κ1) is 11.0. The largest absolute Gasteiger partial charge is 0.493 e. The SMILES string of the molecule is CCCOc1cc2c(cc1C=O)O[C@H](C)C2. The van der Waals surface area contributed by atoms with E-state index in [9.17, 15) is 4.79 Å². The van der Waals surface area contributed by atoms with Crippen molar-refractivity contribution in [3.63, 3.8) is 0 Å². The fraction of sp³-hybridized carbons (Fsp3) is 0.462. The number of ether oxygens (including phenoxy) is 2. The van der Waals surface area contributed by atoms with E-state index >= 15 is 0 Å². The number of rotatable bonds is 4. The summed E-state index contributed by atoms with van der Waals surface area (Å²) in [6.07, 6.45) is 2.83. The molecule has 3 nitrogen and oxygen atoms in total. The van der Waals surface area contributed by atoms with Gasteiger partial charge >= 0.3 is 0 Å². The molecule has 0 amide bonds. The summed E-state index contributed by atoms with van der Waals surface area (Å²) in [5, 5.41) is 0. The zero-order valence-corrected chi connectivity index (χ0v) is 9.66. The average molecular weight is 220 g/mol. The molecule has 0 spiro atoms. The van der Waals surface area contributed by atoms with Crippen LogP contribution in [0.25, 0.3) is 0 Å². The van der Waals surface area contributed by atoms with Crippen LogP contribution in [-0.2, 0) is 6.42 Å². The monoisotopic (exact) mass is 220 g/mol. The molecular weight excluding hydrogens is 204 g/mol. The van der Waals surface area contributed by atoms with Crippen LogP contribution in [-0.4, -0.2) is 19.0 Å². The van der Waals surface area contributed by atoms with Crippen molar-refractivity contribution in [1.82, 2.24) is 0 Å². The minimum absolute atomic E-state index is 0.191. The molecule has 0 aromatic heterocycles. The smallest absolute Gasteiger partial charge is 0.153 e. The van der Waals surface area contributed by atoms with Crippen LogP contribution in [0.15, 0.2) is 12.1 Å². The number of carbonyl (C=O) groups is 1. The summed E-state index contributed by atoms with van der Waals surface area (Å²) in [6, 6.07) is 3.70. The van der Waals surface area contributed by atoms with E-state index in [4.69, 9.17) is 9.47 Å². The summed E-state index contributed by atoms with van der Waals surface area (Å²) < 4.78 is 11.1. The number of carbonyl (C=O) groups excluding carboxylic acids is 1. The molecule has 0 radical (unpaired) electrons. The minimum Gasteiger partial charge on any atom is -0.493 e. The van der Waals surface area contributed by atoms with Crippen molar-refractivity contribution in [2.24, 2.45) is 0 Å². The Bertz CT molecular complexity index is 398. The number of hydrogen-bond donors (Lipinski definition) is 0. The van der Waals surface area contributed by atoms with E-state index in [0.717, 1.165) is 30.4 Å². The van der Waals surface area contributed by atoms with Gasteiger partial charge in [-0.2, -0.15) is 0 Å². The Morgan fingerprint density at radius 2 is 2.38 bits per heavy atom. The summed E-state index contributed by atoms with van der Waals surface area (Å²) in [5.41, 5.74) is 1.70. The standard InChI is InChI=1S/C13H16O3/c1-3-4-15-12-6-10-5-9(2)16-13(10)7-11(12)8-14/h6-9H,3-5H2,1-2H3/t9-/m1/s1. The second-order valence-corrected chi connectivity index (χ2v) is 4.10. The number of fused-ring (bicyclic) bond motifs is 1. The summed E-state index contributed by atoms with van der Waals surface area (Å²) in [6.45, 7) is 4.70. The van der Waals surface area contributed by atoms with Gasteiger partial charge in [0.1, 0.15) is 17.6 Å². The minimum atomic E-state index is 0.191. The van der Waals surface area contributed by atoms with E-state index in [1.165, 1.54) is 0 Å². The Hall–Kier alpha value is -1.51. The highest BCUT2D eigenvalue weighted by Gasteiger charge is 2.21. The first-order chi connectivity index (χ1) is 7.74. The Kier molecular flexibility index (Phi) is 3.13. The van der Waals surface area contributed by atoms with Crippen molar-refractivity contribution in [3.8, 4) is 11.5 Å². The molecule has 1 heterocycles. The Balaban J connectivity index is 2.31. The van der Waals surface area contributed by atoms with E-state index < -0.39 is 0 Å². The van der Waals surface area contributed by atoms with Gasteiger partial charge in [0.25, 0.3) is 0 Å². The Morgan fingerprint density at radius 3 is 3.06 bits per heavy atom. The van der Waals surface area contributed by atoms with Crippen molar-refractivity contribution in [2.45, 2.75) is 32.8 Å².